The maximum atomic E-state index is 12.0. The number of aryl methyl sites for hydroxylation is 1. The molecule has 0 saturated heterocycles. The first kappa shape index (κ1) is 17.0. The number of ether oxygens (including phenoxy) is 2. The van der Waals surface area contributed by atoms with Gasteiger partial charge in [0.2, 0.25) is 0 Å². The molecule has 0 aliphatic rings. The number of anilines is 1. The molecule has 0 spiro atoms. The Labute approximate surface area is 142 Å². The van der Waals surface area contributed by atoms with Crippen molar-refractivity contribution in [1.82, 2.24) is 0 Å². The van der Waals surface area contributed by atoms with Crippen LogP contribution in [0.5, 0.6) is 5.75 Å². The molecule has 0 aliphatic heterocycles. The smallest absolute Gasteiger partial charge is 0.338 e. The van der Waals surface area contributed by atoms with Gasteiger partial charge in [-0.15, -0.1) is 0 Å². The van der Waals surface area contributed by atoms with E-state index in [-0.39, 0.29) is 6.61 Å². The fourth-order valence-electron chi connectivity index (χ4n) is 1.92. The molecule has 0 fully saturated rings. The molecule has 5 nitrogen and oxygen atoms in total. The van der Waals surface area contributed by atoms with E-state index >= 15 is 0 Å². The Morgan fingerprint density at radius 2 is 1.96 bits per heavy atom. The molecule has 1 amide bonds. The average Bonchev–Trinajstić information content (AvgIpc) is 2.53. The highest BCUT2D eigenvalue weighted by atomic mass is 79.9. The zero-order valence-corrected chi connectivity index (χ0v) is 14.3. The van der Waals surface area contributed by atoms with E-state index in [2.05, 4.69) is 21.2 Å². The number of hydrogen-bond donors (Lipinski definition) is 1. The van der Waals surface area contributed by atoms with Crippen LogP contribution in [0.1, 0.15) is 15.9 Å². The average molecular weight is 378 g/mol. The van der Waals surface area contributed by atoms with Crippen LogP contribution in [-0.2, 0) is 9.53 Å². The second-order valence-corrected chi connectivity index (χ2v) is 5.73. The van der Waals surface area contributed by atoms with Crippen LogP contribution < -0.4 is 10.1 Å². The Kier molecular flexibility index (Phi) is 5.76. The van der Waals surface area contributed by atoms with Crippen molar-refractivity contribution in [2.24, 2.45) is 0 Å². The summed E-state index contributed by atoms with van der Waals surface area (Å²) in [5.41, 5.74) is 1.87. The van der Waals surface area contributed by atoms with Gasteiger partial charge in [-0.25, -0.2) is 4.79 Å². The molecule has 0 aliphatic carbocycles. The van der Waals surface area contributed by atoms with Crippen molar-refractivity contribution in [2.45, 2.75) is 6.92 Å². The van der Waals surface area contributed by atoms with Crippen molar-refractivity contribution in [1.29, 1.82) is 0 Å². The summed E-state index contributed by atoms with van der Waals surface area (Å²) in [6.07, 6.45) is 0. The minimum atomic E-state index is -0.576. The Morgan fingerprint density at radius 1 is 1.17 bits per heavy atom. The summed E-state index contributed by atoms with van der Waals surface area (Å²) in [5.74, 6) is -0.388. The summed E-state index contributed by atoms with van der Waals surface area (Å²) in [6.45, 7) is 1.51. The van der Waals surface area contributed by atoms with Crippen LogP contribution in [0.2, 0.25) is 0 Å². The van der Waals surface area contributed by atoms with Crippen molar-refractivity contribution >= 4 is 33.5 Å². The number of rotatable bonds is 5. The fourth-order valence-corrected chi connectivity index (χ4v) is 2.32. The molecule has 2 aromatic rings. The van der Waals surface area contributed by atoms with E-state index in [4.69, 9.17) is 9.47 Å². The van der Waals surface area contributed by atoms with E-state index < -0.39 is 11.9 Å². The maximum Gasteiger partial charge on any atom is 0.338 e. The molecule has 0 radical (unpaired) electrons. The summed E-state index contributed by atoms with van der Waals surface area (Å²) in [6, 6.07) is 12.1. The van der Waals surface area contributed by atoms with Crippen molar-refractivity contribution in [3.8, 4) is 5.75 Å². The molecule has 2 aromatic carbocycles. The lowest BCUT2D eigenvalue weighted by Gasteiger charge is -2.09. The summed E-state index contributed by atoms with van der Waals surface area (Å²) >= 11 is 3.32. The Balaban J connectivity index is 1.92. The standard InChI is InChI=1S/C17H16BrNO4/c1-11-6-7-12(8-15(11)22-2)17(21)23-10-16(20)19-14-5-3-4-13(18)9-14/h3-9H,10H2,1-2H3,(H,19,20). The summed E-state index contributed by atoms with van der Waals surface area (Å²) in [4.78, 5) is 23.8. The summed E-state index contributed by atoms with van der Waals surface area (Å²) in [7, 11) is 1.53. The molecular formula is C17H16BrNO4. The lowest BCUT2D eigenvalue weighted by atomic mass is 10.1. The second-order valence-electron chi connectivity index (χ2n) is 4.82. The van der Waals surface area contributed by atoms with Crippen molar-refractivity contribution in [2.75, 3.05) is 19.0 Å². The maximum absolute atomic E-state index is 12.0. The number of halogens is 1. The van der Waals surface area contributed by atoms with Crippen LogP contribution in [0.4, 0.5) is 5.69 Å². The van der Waals surface area contributed by atoms with E-state index in [0.717, 1.165) is 10.0 Å². The predicted molar refractivity (Wildman–Crippen MR) is 90.8 cm³/mol. The van der Waals surface area contributed by atoms with Gasteiger partial charge in [0.1, 0.15) is 5.75 Å². The van der Waals surface area contributed by atoms with Gasteiger partial charge < -0.3 is 14.8 Å². The third-order valence-corrected chi connectivity index (χ3v) is 3.58. The van der Waals surface area contributed by atoms with E-state index in [1.54, 1.807) is 36.4 Å². The van der Waals surface area contributed by atoms with E-state index in [9.17, 15) is 9.59 Å². The normalized spacial score (nSPS) is 10.0. The molecule has 2 rings (SSSR count). The van der Waals surface area contributed by atoms with Crippen LogP contribution in [-0.4, -0.2) is 25.6 Å². The van der Waals surface area contributed by atoms with Crippen molar-refractivity contribution in [3.63, 3.8) is 0 Å². The number of amides is 1. The predicted octanol–water partition coefficient (Wildman–Crippen LogP) is 3.56. The van der Waals surface area contributed by atoms with Gasteiger partial charge in [0.05, 0.1) is 12.7 Å². The van der Waals surface area contributed by atoms with Gasteiger partial charge in [-0.3, -0.25) is 4.79 Å². The quantitative estimate of drug-likeness (QED) is 0.809. The lowest BCUT2D eigenvalue weighted by molar-refractivity contribution is -0.119. The first-order valence-electron chi connectivity index (χ1n) is 6.87. The topological polar surface area (TPSA) is 64.6 Å². The Bertz CT molecular complexity index is 730. The van der Waals surface area contributed by atoms with E-state index in [1.165, 1.54) is 7.11 Å². The number of esters is 1. The van der Waals surface area contributed by atoms with Gasteiger partial charge in [-0.1, -0.05) is 28.1 Å². The molecule has 23 heavy (non-hydrogen) atoms. The number of benzene rings is 2. The lowest BCUT2D eigenvalue weighted by Crippen LogP contribution is -2.21. The third-order valence-electron chi connectivity index (χ3n) is 3.09. The number of methoxy groups -OCH3 is 1. The Morgan fingerprint density at radius 3 is 2.65 bits per heavy atom. The number of carbonyl (C=O) groups excluding carboxylic acids is 2. The molecule has 0 atom stereocenters. The molecule has 0 heterocycles. The number of carbonyl (C=O) groups is 2. The third kappa shape index (κ3) is 4.82. The molecule has 6 heteroatoms. The zero-order chi connectivity index (χ0) is 16.8. The number of hydrogen-bond acceptors (Lipinski definition) is 4. The van der Waals surface area contributed by atoms with Gasteiger partial charge in [0.15, 0.2) is 6.61 Å². The molecule has 0 saturated carbocycles. The van der Waals surface area contributed by atoms with Crippen LogP contribution >= 0.6 is 15.9 Å². The summed E-state index contributed by atoms with van der Waals surface area (Å²) in [5, 5.41) is 2.65. The molecule has 0 aromatic heterocycles. The van der Waals surface area contributed by atoms with Gasteiger partial charge in [-0.2, -0.15) is 0 Å². The first-order valence-corrected chi connectivity index (χ1v) is 7.66. The Hall–Kier alpha value is -2.34. The van der Waals surface area contributed by atoms with E-state index in [0.29, 0.717) is 17.0 Å². The van der Waals surface area contributed by atoms with Crippen LogP contribution in [0, 0.1) is 6.92 Å². The fraction of sp³-hybridized carbons (Fsp3) is 0.176. The van der Waals surface area contributed by atoms with Gasteiger partial charge in [0, 0.05) is 10.2 Å². The zero-order valence-electron chi connectivity index (χ0n) is 12.8. The van der Waals surface area contributed by atoms with Gasteiger partial charge in [-0.05, 0) is 42.8 Å². The highest BCUT2D eigenvalue weighted by Crippen LogP contribution is 2.19. The van der Waals surface area contributed by atoms with Crippen LogP contribution in [0.3, 0.4) is 0 Å². The highest BCUT2D eigenvalue weighted by Gasteiger charge is 2.12. The van der Waals surface area contributed by atoms with Crippen LogP contribution in [0.25, 0.3) is 0 Å². The minimum Gasteiger partial charge on any atom is -0.496 e. The summed E-state index contributed by atoms with van der Waals surface area (Å²) < 4.78 is 11.0. The van der Waals surface area contributed by atoms with Crippen molar-refractivity contribution in [3.05, 3.63) is 58.1 Å². The minimum absolute atomic E-state index is 0.336. The molecule has 120 valence electrons. The van der Waals surface area contributed by atoms with Gasteiger partial charge >= 0.3 is 5.97 Å². The first-order chi connectivity index (χ1) is 11.0. The molecule has 0 unspecified atom stereocenters. The highest BCUT2D eigenvalue weighted by molar-refractivity contribution is 9.10. The van der Waals surface area contributed by atoms with Crippen LogP contribution in [0.15, 0.2) is 46.9 Å². The second kappa shape index (κ2) is 7.78. The largest absolute Gasteiger partial charge is 0.496 e. The monoisotopic (exact) mass is 377 g/mol. The van der Waals surface area contributed by atoms with Crippen molar-refractivity contribution < 1.29 is 19.1 Å². The van der Waals surface area contributed by atoms with E-state index in [1.807, 2.05) is 13.0 Å². The molecular weight excluding hydrogens is 362 g/mol. The number of nitrogens with one attached hydrogen (secondary N) is 1. The molecule has 0 bridgehead atoms. The molecule has 1 N–H and O–H groups in total. The SMILES string of the molecule is COc1cc(C(=O)OCC(=O)Nc2cccc(Br)c2)ccc1C. The van der Waals surface area contributed by atoms with Gasteiger partial charge in [0.25, 0.3) is 5.91 Å².